The summed E-state index contributed by atoms with van der Waals surface area (Å²) in [5.74, 6) is 0.408. The molecular formula is C19H17N3O2S. The number of carbonyl (C=O) groups is 1. The number of aromatic nitrogens is 1. The summed E-state index contributed by atoms with van der Waals surface area (Å²) in [4.78, 5) is 16.7. The van der Waals surface area contributed by atoms with Gasteiger partial charge < -0.3 is 10.1 Å². The van der Waals surface area contributed by atoms with Gasteiger partial charge in [0.1, 0.15) is 5.75 Å². The van der Waals surface area contributed by atoms with E-state index in [1.54, 1.807) is 31.4 Å². The molecule has 1 heterocycles. The number of carbonyl (C=O) groups excluding carboxylic acids is 1. The van der Waals surface area contributed by atoms with Gasteiger partial charge in [-0.1, -0.05) is 6.07 Å². The Bertz CT molecular complexity index is 939. The van der Waals surface area contributed by atoms with Crippen LogP contribution < -0.4 is 15.4 Å². The second-order valence-corrected chi connectivity index (χ2v) is 5.87. The number of rotatable bonds is 3. The van der Waals surface area contributed by atoms with Crippen molar-refractivity contribution in [2.75, 3.05) is 12.4 Å². The summed E-state index contributed by atoms with van der Waals surface area (Å²) in [5, 5.41) is 6.91. The predicted octanol–water partition coefficient (Wildman–Crippen LogP) is 3.68. The molecule has 0 bridgehead atoms. The van der Waals surface area contributed by atoms with E-state index in [1.807, 2.05) is 37.3 Å². The van der Waals surface area contributed by atoms with Gasteiger partial charge in [-0.15, -0.1) is 0 Å². The molecule has 1 amide bonds. The average Bonchev–Trinajstić information content (AvgIpc) is 2.61. The maximum atomic E-state index is 12.3. The van der Waals surface area contributed by atoms with Gasteiger partial charge in [-0.25, -0.2) is 0 Å². The van der Waals surface area contributed by atoms with Gasteiger partial charge in [-0.05, 0) is 67.7 Å². The van der Waals surface area contributed by atoms with Crippen molar-refractivity contribution in [1.29, 1.82) is 0 Å². The molecule has 1 aromatic heterocycles. The molecule has 3 rings (SSSR count). The number of nitrogens with zero attached hydrogens (tertiary/aromatic N) is 1. The van der Waals surface area contributed by atoms with Crippen molar-refractivity contribution in [3.8, 4) is 5.75 Å². The first kappa shape index (κ1) is 16.9. The zero-order chi connectivity index (χ0) is 17.8. The van der Waals surface area contributed by atoms with Crippen molar-refractivity contribution < 1.29 is 9.53 Å². The van der Waals surface area contributed by atoms with Gasteiger partial charge in [0, 0.05) is 22.3 Å². The molecular weight excluding hydrogens is 334 g/mol. The zero-order valence-corrected chi connectivity index (χ0v) is 14.7. The maximum Gasteiger partial charge on any atom is 0.257 e. The van der Waals surface area contributed by atoms with Crippen LogP contribution >= 0.6 is 12.2 Å². The number of anilines is 1. The van der Waals surface area contributed by atoms with E-state index in [4.69, 9.17) is 17.0 Å². The molecule has 0 saturated heterocycles. The van der Waals surface area contributed by atoms with E-state index in [-0.39, 0.29) is 11.0 Å². The monoisotopic (exact) mass is 351 g/mol. The molecule has 5 nitrogen and oxygen atoms in total. The fraction of sp³-hybridized carbons (Fsp3) is 0.105. The van der Waals surface area contributed by atoms with Crippen molar-refractivity contribution in [2.24, 2.45) is 0 Å². The molecule has 0 spiro atoms. The lowest BCUT2D eigenvalue weighted by Crippen LogP contribution is -2.34. The standard InChI is InChI=1S/C19H17N3O2S/c1-12-6-11-15-16(20-12)4-3-5-17(15)21-19(25)22-18(23)13-7-9-14(24-2)10-8-13/h3-11H,1-2H3,(H2,21,22,23,25). The number of hydrogen-bond acceptors (Lipinski definition) is 4. The van der Waals surface area contributed by atoms with Gasteiger partial charge in [0.25, 0.3) is 5.91 Å². The minimum Gasteiger partial charge on any atom is -0.497 e. The van der Waals surface area contributed by atoms with Crippen LogP contribution in [0.3, 0.4) is 0 Å². The maximum absolute atomic E-state index is 12.3. The van der Waals surface area contributed by atoms with E-state index in [2.05, 4.69) is 15.6 Å². The van der Waals surface area contributed by atoms with Crippen molar-refractivity contribution in [2.45, 2.75) is 6.92 Å². The van der Waals surface area contributed by atoms with Crippen molar-refractivity contribution >= 4 is 39.8 Å². The van der Waals surface area contributed by atoms with E-state index in [0.717, 1.165) is 22.3 Å². The van der Waals surface area contributed by atoms with Gasteiger partial charge in [0.05, 0.1) is 12.6 Å². The molecule has 0 aliphatic rings. The predicted molar refractivity (Wildman–Crippen MR) is 103 cm³/mol. The third-order valence-electron chi connectivity index (χ3n) is 3.70. The summed E-state index contributed by atoms with van der Waals surface area (Å²) in [7, 11) is 1.58. The van der Waals surface area contributed by atoms with Crippen LogP contribution in [0.25, 0.3) is 10.9 Å². The average molecular weight is 351 g/mol. The lowest BCUT2D eigenvalue weighted by Gasteiger charge is -2.12. The van der Waals surface area contributed by atoms with E-state index < -0.39 is 0 Å². The SMILES string of the molecule is COc1ccc(C(=O)NC(=S)Nc2cccc3nc(C)ccc23)cc1. The Kier molecular flexibility index (Phi) is 4.90. The Labute approximate surface area is 151 Å². The Hall–Kier alpha value is -2.99. The highest BCUT2D eigenvalue weighted by Gasteiger charge is 2.09. The quantitative estimate of drug-likeness (QED) is 0.705. The van der Waals surface area contributed by atoms with Crippen LogP contribution in [-0.4, -0.2) is 23.1 Å². The summed E-state index contributed by atoms with van der Waals surface area (Å²) in [6.45, 7) is 1.94. The van der Waals surface area contributed by atoms with Gasteiger partial charge in [-0.2, -0.15) is 0 Å². The third kappa shape index (κ3) is 3.92. The molecule has 0 aliphatic carbocycles. The van der Waals surface area contributed by atoms with E-state index in [9.17, 15) is 4.79 Å². The molecule has 25 heavy (non-hydrogen) atoms. The molecule has 0 unspecified atom stereocenters. The van der Waals surface area contributed by atoms with Crippen molar-refractivity contribution in [1.82, 2.24) is 10.3 Å². The molecule has 0 saturated carbocycles. The fourth-order valence-corrected chi connectivity index (χ4v) is 2.64. The van der Waals surface area contributed by atoms with Crippen LogP contribution in [-0.2, 0) is 0 Å². The first-order valence-electron chi connectivity index (χ1n) is 7.69. The zero-order valence-electron chi connectivity index (χ0n) is 13.9. The molecule has 0 fully saturated rings. The number of methoxy groups -OCH3 is 1. The van der Waals surface area contributed by atoms with Gasteiger partial charge in [-0.3, -0.25) is 15.1 Å². The highest BCUT2D eigenvalue weighted by molar-refractivity contribution is 7.80. The largest absolute Gasteiger partial charge is 0.497 e. The molecule has 2 aromatic carbocycles. The molecule has 6 heteroatoms. The summed E-state index contributed by atoms with van der Waals surface area (Å²) < 4.78 is 5.08. The second kappa shape index (κ2) is 7.27. The molecule has 0 aliphatic heterocycles. The van der Waals surface area contributed by atoms with Crippen LogP contribution in [0.2, 0.25) is 0 Å². The Morgan fingerprint density at radius 1 is 1.08 bits per heavy atom. The number of amides is 1. The lowest BCUT2D eigenvalue weighted by molar-refractivity contribution is 0.0977. The lowest BCUT2D eigenvalue weighted by atomic mass is 10.1. The molecule has 126 valence electrons. The first-order chi connectivity index (χ1) is 12.1. The van der Waals surface area contributed by atoms with Crippen LogP contribution in [0.4, 0.5) is 5.69 Å². The summed E-state index contributed by atoms with van der Waals surface area (Å²) in [6.07, 6.45) is 0. The Balaban J connectivity index is 1.73. The molecule has 3 aromatic rings. The number of aryl methyl sites for hydroxylation is 1. The van der Waals surface area contributed by atoms with E-state index in [0.29, 0.717) is 11.3 Å². The number of thiocarbonyl (C=S) groups is 1. The van der Waals surface area contributed by atoms with Crippen LogP contribution in [0.5, 0.6) is 5.75 Å². The summed E-state index contributed by atoms with van der Waals surface area (Å²) in [5.41, 5.74) is 3.11. The number of hydrogen-bond donors (Lipinski definition) is 2. The topological polar surface area (TPSA) is 63.2 Å². The first-order valence-corrected chi connectivity index (χ1v) is 8.10. The highest BCUT2D eigenvalue weighted by atomic mass is 32.1. The number of ether oxygens (including phenoxy) is 1. The summed E-state index contributed by atoms with van der Waals surface area (Å²) >= 11 is 5.26. The normalized spacial score (nSPS) is 10.3. The molecule has 0 radical (unpaired) electrons. The number of benzene rings is 2. The Morgan fingerprint density at radius 3 is 2.56 bits per heavy atom. The van der Waals surface area contributed by atoms with Crippen molar-refractivity contribution in [3.05, 3.63) is 65.9 Å². The van der Waals surface area contributed by atoms with Gasteiger partial charge in [0.2, 0.25) is 0 Å². The van der Waals surface area contributed by atoms with E-state index >= 15 is 0 Å². The van der Waals surface area contributed by atoms with Crippen LogP contribution in [0.15, 0.2) is 54.6 Å². The van der Waals surface area contributed by atoms with E-state index in [1.165, 1.54) is 0 Å². The van der Waals surface area contributed by atoms with Crippen LogP contribution in [0, 0.1) is 6.92 Å². The third-order valence-corrected chi connectivity index (χ3v) is 3.90. The molecule has 0 atom stereocenters. The molecule has 2 N–H and O–H groups in total. The number of nitrogens with one attached hydrogen (secondary N) is 2. The summed E-state index contributed by atoms with van der Waals surface area (Å²) in [6, 6.07) is 16.5. The Morgan fingerprint density at radius 2 is 1.84 bits per heavy atom. The number of pyridine rings is 1. The fourth-order valence-electron chi connectivity index (χ4n) is 2.44. The number of fused-ring (bicyclic) bond motifs is 1. The van der Waals surface area contributed by atoms with Gasteiger partial charge >= 0.3 is 0 Å². The van der Waals surface area contributed by atoms with Crippen LogP contribution in [0.1, 0.15) is 16.1 Å². The smallest absolute Gasteiger partial charge is 0.257 e. The van der Waals surface area contributed by atoms with Crippen molar-refractivity contribution in [3.63, 3.8) is 0 Å². The second-order valence-electron chi connectivity index (χ2n) is 5.46. The minimum absolute atomic E-state index is 0.230. The van der Waals surface area contributed by atoms with Gasteiger partial charge in [0.15, 0.2) is 5.11 Å². The highest BCUT2D eigenvalue weighted by Crippen LogP contribution is 2.22. The minimum atomic E-state index is -0.283.